The minimum absolute atomic E-state index is 0.0428. The number of hydrogen-bond acceptors (Lipinski definition) is 8. The second-order valence-corrected chi connectivity index (χ2v) is 9.44. The molecule has 0 fully saturated rings. The third-order valence-corrected chi connectivity index (χ3v) is 6.44. The van der Waals surface area contributed by atoms with Crippen molar-refractivity contribution in [2.24, 2.45) is 11.5 Å². The lowest BCUT2D eigenvalue weighted by Gasteiger charge is -2.24. The number of carbonyl (C=O) groups is 4. The number of imidazole rings is 1. The zero-order chi connectivity index (χ0) is 29.1. The van der Waals surface area contributed by atoms with Crippen molar-refractivity contribution in [1.29, 1.82) is 0 Å². The van der Waals surface area contributed by atoms with Crippen LogP contribution in [0.3, 0.4) is 0 Å². The highest BCUT2D eigenvalue weighted by molar-refractivity contribution is 5.94. The van der Waals surface area contributed by atoms with E-state index in [1.54, 1.807) is 6.20 Å². The van der Waals surface area contributed by atoms with Crippen molar-refractivity contribution in [3.63, 3.8) is 0 Å². The lowest BCUT2D eigenvalue weighted by molar-refractivity contribution is -0.142. The number of nitrogens with two attached hydrogens (primary N) is 2. The summed E-state index contributed by atoms with van der Waals surface area (Å²) in [5.41, 5.74) is 13.8. The Morgan fingerprint density at radius 3 is 2.30 bits per heavy atom. The van der Waals surface area contributed by atoms with Crippen molar-refractivity contribution in [3.8, 4) is 0 Å². The molecule has 14 heteroatoms. The molecule has 0 radical (unpaired) electrons. The molecular formula is C26H36N8O6. The molecule has 4 unspecified atom stereocenters. The van der Waals surface area contributed by atoms with Crippen molar-refractivity contribution in [2.45, 2.75) is 56.3 Å². The summed E-state index contributed by atoms with van der Waals surface area (Å²) >= 11 is 0. The van der Waals surface area contributed by atoms with Crippen LogP contribution in [-0.4, -0.2) is 86.2 Å². The highest BCUT2D eigenvalue weighted by Crippen LogP contribution is 2.18. The maximum Gasteiger partial charge on any atom is 0.326 e. The lowest BCUT2D eigenvalue weighted by Crippen LogP contribution is -2.58. The van der Waals surface area contributed by atoms with Gasteiger partial charge in [-0.25, -0.2) is 9.78 Å². The molecule has 3 amide bonds. The maximum atomic E-state index is 13.1. The largest absolute Gasteiger partial charge is 0.480 e. The van der Waals surface area contributed by atoms with Crippen LogP contribution in [0, 0.1) is 0 Å². The summed E-state index contributed by atoms with van der Waals surface area (Å²) in [6.07, 6.45) is 5.99. The minimum atomic E-state index is -1.40. The Kier molecular flexibility index (Phi) is 11.2. The number of fused-ring (bicyclic) bond motifs is 1. The van der Waals surface area contributed by atoms with Gasteiger partial charge in [-0.3, -0.25) is 14.4 Å². The van der Waals surface area contributed by atoms with Crippen LogP contribution >= 0.6 is 0 Å². The third kappa shape index (κ3) is 8.36. The van der Waals surface area contributed by atoms with E-state index in [1.807, 2.05) is 24.3 Å². The fourth-order valence-corrected chi connectivity index (χ4v) is 4.22. The number of hydrogen-bond donors (Lipinski definition) is 9. The smallest absolute Gasteiger partial charge is 0.326 e. The number of para-hydroxylation sites is 1. The number of carboxylic acids is 1. The van der Waals surface area contributed by atoms with E-state index in [9.17, 15) is 29.4 Å². The number of benzene rings is 1. The number of aromatic amines is 2. The van der Waals surface area contributed by atoms with Gasteiger partial charge >= 0.3 is 5.97 Å². The number of aliphatic carboxylic acids is 1. The van der Waals surface area contributed by atoms with E-state index in [1.165, 1.54) is 12.5 Å². The molecule has 0 aliphatic heterocycles. The van der Waals surface area contributed by atoms with E-state index in [0.29, 0.717) is 25.1 Å². The summed E-state index contributed by atoms with van der Waals surface area (Å²) in [5.74, 6) is -3.48. The van der Waals surface area contributed by atoms with Gasteiger partial charge in [-0.2, -0.15) is 0 Å². The predicted molar refractivity (Wildman–Crippen MR) is 146 cm³/mol. The zero-order valence-corrected chi connectivity index (χ0v) is 21.9. The highest BCUT2D eigenvalue weighted by atomic mass is 16.4. The molecule has 0 aliphatic rings. The van der Waals surface area contributed by atoms with Gasteiger partial charge < -0.3 is 47.6 Å². The summed E-state index contributed by atoms with van der Waals surface area (Å²) in [7, 11) is 0. The molecule has 14 nitrogen and oxygen atoms in total. The number of amides is 3. The van der Waals surface area contributed by atoms with Crippen LogP contribution in [0.2, 0.25) is 0 Å². The summed E-state index contributed by atoms with van der Waals surface area (Å²) in [5, 5.41) is 27.7. The van der Waals surface area contributed by atoms with E-state index in [0.717, 1.165) is 16.5 Å². The minimum Gasteiger partial charge on any atom is -0.480 e. The molecule has 2 heterocycles. The second-order valence-electron chi connectivity index (χ2n) is 9.44. The number of unbranched alkanes of at least 4 members (excludes halogenated alkanes) is 1. The molecular weight excluding hydrogens is 520 g/mol. The van der Waals surface area contributed by atoms with E-state index >= 15 is 0 Å². The standard InChI is InChI=1S/C26H36N8O6/c27-8-4-3-7-20(26(39)40)32-24(37)21(10-16-12-29-14-31-16)33-25(38)22(13-35)34-23(36)18(28)9-15-11-30-19-6-2-1-5-17(15)19/h1-2,5-6,11-12,14,18,20-22,30,35H,3-4,7-10,13,27-28H2,(H,29,31)(H,32,37)(H,33,38)(H,34,36)(H,39,40). The van der Waals surface area contributed by atoms with Crippen LogP contribution in [0.25, 0.3) is 10.9 Å². The number of aliphatic hydroxyl groups is 1. The molecule has 0 bridgehead atoms. The Morgan fingerprint density at radius 2 is 1.62 bits per heavy atom. The molecule has 1 aromatic carbocycles. The average Bonchev–Trinajstić information content (AvgIpc) is 3.60. The number of rotatable bonds is 16. The molecule has 4 atom stereocenters. The van der Waals surface area contributed by atoms with Crippen LogP contribution < -0.4 is 27.4 Å². The number of aromatic nitrogens is 3. The Bertz CT molecular complexity index is 1280. The summed E-state index contributed by atoms with van der Waals surface area (Å²) in [6, 6.07) is 2.70. The first kappa shape index (κ1) is 30.3. The Balaban J connectivity index is 1.65. The molecule has 0 saturated heterocycles. The van der Waals surface area contributed by atoms with Gasteiger partial charge in [-0.15, -0.1) is 0 Å². The number of carbonyl (C=O) groups excluding carboxylic acids is 3. The second kappa shape index (κ2) is 14.8. The van der Waals surface area contributed by atoms with Crippen molar-refractivity contribution < 1.29 is 29.4 Å². The predicted octanol–water partition coefficient (Wildman–Crippen LogP) is -1.34. The fourth-order valence-electron chi connectivity index (χ4n) is 4.22. The van der Waals surface area contributed by atoms with Crippen LogP contribution in [-0.2, 0) is 32.0 Å². The highest BCUT2D eigenvalue weighted by Gasteiger charge is 2.30. The summed E-state index contributed by atoms with van der Waals surface area (Å²) < 4.78 is 0. The summed E-state index contributed by atoms with van der Waals surface area (Å²) in [6.45, 7) is -0.370. The van der Waals surface area contributed by atoms with Gasteiger partial charge in [-0.05, 0) is 43.9 Å². The van der Waals surface area contributed by atoms with Gasteiger partial charge in [0.05, 0.1) is 19.0 Å². The molecule has 3 rings (SSSR count). The third-order valence-electron chi connectivity index (χ3n) is 6.44. The van der Waals surface area contributed by atoms with E-state index < -0.39 is 54.5 Å². The van der Waals surface area contributed by atoms with Gasteiger partial charge in [0.1, 0.15) is 18.1 Å². The molecule has 2 aromatic heterocycles. The average molecular weight is 557 g/mol. The number of nitrogens with one attached hydrogen (secondary N) is 5. The fraction of sp³-hybridized carbons (Fsp3) is 0.423. The van der Waals surface area contributed by atoms with Gasteiger partial charge in [-0.1, -0.05) is 18.2 Å². The number of aliphatic hydroxyl groups excluding tert-OH is 1. The molecule has 3 aromatic rings. The Morgan fingerprint density at radius 1 is 0.925 bits per heavy atom. The van der Waals surface area contributed by atoms with Crippen LogP contribution in [0.15, 0.2) is 43.0 Å². The molecule has 0 saturated carbocycles. The van der Waals surface area contributed by atoms with Crippen molar-refractivity contribution in [2.75, 3.05) is 13.2 Å². The topological polar surface area (TPSA) is 241 Å². The first-order valence-electron chi connectivity index (χ1n) is 13.0. The number of H-pyrrole nitrogens is 2. The molecule has 40 heavy (non-hydrogen) atoms. The van der Waals surface area contributed by atoms with Gasteiger partial charge in [0.15, 0.2) is 0 Å². The molecule has 0 aliphatic carbocycles. The van der Waals surface area contributed by atoms with Crippen LogP contribution in [0.4, 0.5) is 0 Å². The maximum absolute atomic E-state index is 13.1. The molecule has 0 spiro atoms. The molecule has 216 valence electrons. The number of nitrogens with zero attached hydrogens (tertiary/aromatic N) is 1. The van der Waals surface area contributed by atoms with Gasteiger partial charge in [0, 0.05) is 35.4 Å². The quantitative estimate of drug-likeness (QED) is 0.0947. The number of carboxylic acid groups (broad SMARTS) is 1. The zero-order valence-electron chi connectivity index (χ0n) is 21.9. The van der Waals surface area contributed by atoms with Crippen LogP contribution in [0.1, 0.15) is 30.5 Å². The Labute approximate surface area is 230 Å². The van der Waals surface area contributed by atoms with E-state index in [2.05, 4.69) is 30.9 Å². The van der Waals surface area contributed by atoms with E-state index in [4.69, 9.17) is 11.5 Å². The summed E-state index contributed by atoms with van der Waals surface area (Å²) in [4.78, 5) is 60.4. The van der Waals surface area contributed by atoms with Crippen molar-refractivity contribution in [1.82, 2.24) is 30.9 Å². The first-order chi connectivity index (χ1) is 19.2. The van der Waals surface area contributed by atoms with E-state index in [-0.39, 0.29) is 19.3 Å². The van der Waals surface area contributed by atoms with Crippen molar-refractivity contribution in [3.05, 3.63) is 54.2 Å². The Hall–Kier alpha value is -4.27. The first-order valence-corrected chi connectivity index (χ1v) is 13.0. The van der Waals surface area contributed by atoms with Crippen LogP contribution in [0.5, 0.6) is 0 Å². The SMILES string of the molecule is NCCCCC(NC(=O)C(Cc1cnc[nH]1)NC(=O)C(CO)NC(=O)C(N)Cc1c[nH]c2ccccc12)C(=O)O. The van der Waals surface area contributed by atoms with Gasteiger partial charge in [0.2, 0.25) is 17.7 Å². The normalized spacial score (nSPS) is 14.2. The lowest BCUT2D eigenvalue weighted by atomic mass is 10.0. The molecule has 11 N–H and O–H groups in total. The van der Waals surface area contributed by atoms with Gasteiger partial charge in [0.25, 0.3) is 0 Å². The monoisotopic (exact) mass is 556 g/mol. The van der Waals surface area contributed by atoms with Crippen molar-refractivity contribution >= 4 is 34.6 Å².